The van der Waals surface area contributed by atoms with Crippen molar-refractivity contribution in [2.45, 2.75) is 12.8 Å². The van der Waals surface area contributed by atoms with Crippen LogP contribution in [0.3, 0.4) is 0 Å². The van der Waals surface area contributed by atoms with Gasteiger partial charge in [0.15, 0.2) is 0 Å². The molecule has 0 N–H and O–H groups in total. The first-order valence-electron chi connectivity index (χ1n) is 4.12. The van der Waals surface area contributed by atoms with Gasteiger partial charge in [0.1, 0.15) is 5.75 Å². The number of hydrogen-bond acceptors (Lipinski definition) is 2. The highest BCUT2D eigenvalue weighted by atomic mass is 79.9. The predicted octanol–water partition coefficient (Wildman–Crippen LogP) is 3.21. The molecule has 0 unspecified atom stereocenters. The van der Waals surface area contributed by atoms with Crippen LogP contribution in [-0.4, -0.2) is 6.86 Å². The predicted molar refractivity (Wildman–Crippen MR) is 54.7 cm³/mol. The molecule has 1 aromatic rings. The maximum atomic E-state index is 11.8. The van der Waals surface area contributed by atoms with Crippen LogP contribution in [0.1, 0.15) is 12.0 Å². The smallest absolute Gasteiger partial charge is 0.228 e. The summed E-state index contributed by atoms with van der Waals surface area (Å²) in [5, 5.41) is 8.42. The Labute approximate surface area is 90.4 Å². The zero-order valence-corrected chi connectivity index (χ0v) is 9.05. The van der Waals surface area contributed by atoms with E-state index >= 15 is 0 Å². The van der Waals surface area contributed by atoms with E-state index in [0.717, 1.165) is 10.0 Å². The lowest BCUT2D eigenvalue weighted by Crippen LogP contribution is -1.92. The van der Waals surface area contributed by atoms with Crippen molar-refractivity contribution in [3.8, 4) is 11.8 Å². The molecule has 0 bridgehead atoms. The molecule has 1 aromatic carbocycles. The Hall–Kier alpha value is -1.08. The third-order valence-corrected chi connectivity index (χ3v) is 2.49. The van der Waals surface area contributed by atoms with Gasteiger partial charge in [0.25, 0.3) is 0 Å². The lowest BCUT2D eigenvalue weighted by atomic mass is 10.1. The number of ether oxygens (including phenoxy) is 1. The van der Waals surface area contributed by atoms with Crippen molar-refractivity contribution < 1.29 is 9.13 Å². The normalized spacial score (nSPS) is 9.50. The minimum atomic E-state index is -0.829. The fraction of sp³-hybridized carbons (Fsp3) is 0.300. The zero-order valence-electron chi connectivity index (χ0n) is 7.46. The van der Waals surface area contributed by atoms with Crippen molar-refractivity contribution in [1.82, 2.24) is 0 Å². The van der Waals surface area contributed by atoms with Crippen molar-refractivity contribution in [3.05, 3.63) is 28.2 Å². The van der Waals surface area contributed by atoms with E-state index in [4.69, 9.17) is 5.26 Å². The summed E-state index contributed by atoms with van der Waals surface area (Å²) in [5.74, 6) is 0.486. The van der Waals surface area contributed by atoms with Gasteiger partial charge in [-0.05, 0) is 24.1 Å². The van der Waals surface area contributed by atoms with Gasteiger partial charge in [-0.2, -0.15) is 5.26 Å². The minimum Gasteiger partial charge on any atom is -0.463 e. The van der Waals surface area contributed by atoms with Crippen LogP contribution in [0.15, 0.2) is 22.7 Å². The van der Waals surface area contributed by atoms with Crippen molar-refractivity contribution in [2.75, 3.05) is 6.86 Å². The molecule has 74 valence electrons. The summed E-state index contributed by atoms with van der Waals surface area (Å²) < 4.78 is 17.4. The maximum Gasteiger partial charge on any atom is 0.228 e. The first-order chi connectivity index (χ1) is 6.77. The van der Waals surface area contributed by atoms with Crippen molar-refractivity contribution >= 4 is 15.9 Å². The minimum absolute atomic E-state index is 0.474. The molecule has 0 aliphatic rings. The van der Waals surface area contributed by atoms with E-state index in [-0.39, 0.29) is 0 Å². The number of alkyl halides is 1. The van der Waals surface area contributed by atoms with Gasteiger partial charge in [-0.1, -0.05) is 22.0 Å². The molecule has 4 heteroatoms. The number of nitriles is 1. The highest BCUT2D eigenvalue weighted by Crippen LogP contribution is 2.24. The molecule has 0 radical (unpaired) electrons. The van der Waals surface area contributed by atoms with Gasteiger partial charge in [0.2, 0.25) is 6.86 Å². The van der Waals surface area contributed by atoms with Crippen LogP contribution in [0.2, 0.25) is 0 Å². The summed E-state index contributed by atoms with van der Waals surface area (Å²) in [6, 6.07) is 7.29. The monoisotopic (exact) mass is 257 g/mol. The van der Waals surface area contributed by atoms with Gasteiger partial charge >= 0.3 is 0 Å². The second-order valence-corrected chi connectivity index (χ2v) is 3.52. The van der Waals surface area contributed by atoms with E-state index < -0.39 is 6.86 Å². The molecule has 0 heterocycles. The van der Waals surface area contributed by atoms with E-state index in [9.17, 15) is 4.39 Å². The van der Waals surface area contributed by atoms with Gasteiger partial charge in [-0.25, -0.2) is 4.39 Å². The second kappa shape index (κ2) is 5.61. The van der Waals surface area contributed by atoms with Crippen LogP contribution in [-0.2, 0) is 6.42 Å². The molecular weight excluding hydrogens is 249 g/mol. The third-order valence-electron chi connectivity index (χ3n) is 1.75. The lowest BCUT2D eigenvalue weighted by Gasteiger charge is -2.05. The standard InChI is InChI=1S/C10H9BrFNO/c11-10-6-9(14-7-12)4-3-8(10)2-1-5-13/h3-4,6H,1-2,7H2. The number of rotatable bonds is 4. The second-order valence-electron chi connectivity index (χ2n) is 2.66. The summed E-state index contributed by atoms with van der Waals surface area (Å²) in [6.07, 6.45) is 1.16. The molecule has 1 rings (SSSR count). The molecule has 0 atom stereocenters. The maximum absolute atomic E-state index is 11.8. The van der Waals surface area contributed by atoms with Crippen molar-refractivity contribution in [3.63, 3.8) is 0 Å². The molecule has 0 spiro atoms. The van der Waals surface area contributed by atoms with Crippen molar-refractivity contribution in [2.24, 2.45) is 0 Å². The number of nitrogens with zero attached hydrogens (tertiary/aromatic N) is 1. The Kier molecular flexibility index (Phi) is 4.41. The number of halogens is 2. The van der Waals surface area contributed by atoms with Gasteiger partial charge in [0.05, 0.1) is 6.07 Å². The van der Waals surface area contributed by atoms with Crippen LogP contribution in [0, 0.1) is 11.3 Å². The number of hydrogen-bond donors (Lipinski definition) is 0. The first-order valence-corrected chi connectivity index (χ1v) is 4.91. The molecule has 14 heavy (non-hydrogen) atoms. The molecule has 0 fully saturated rings. The first kappa shape index (κ1) is 11.0. The van der Waals surface area contributed by atoms with Crippen LogP contribution >= 0.6 is 15.9 Å². The van der Waals surface area contributed by atoms with Crippen LogP contribution < -0.4 is 4.74 Å². The molecule has 0 aliphatic heterocycles. The number of aryl methyl sites for hydroxylation is 1. The third kappa shape index (κ3) is 3.00. The SMILES string of the molecule is N#CCCc1ccc(OCF)cc1Br. The Morgan fingerprint density at radius 2 is 2.29 bits per heavy atom. The molecule has 2 nitrogen and oxygen atoms in total. The Morgan fingerprint density at radius 1 is 1.50 bits per heavy atom. The van der Waals surface area contributed by atoms with Crippen molar-refractivity contribution in [1.29, 1.82) is 5.26 Å². The average Bonchev–Trinajstić information content (AvgIpc) is 2.17. The van der Waals surface area contributed by atoms with E-state index in [0.29, 0.717) is 18.6 Å². The van der Waals surface area contributed by atoms with E-state index in [2.05, 4.69) is 26.7 Å². The Bertz CT molecular complexity index is 348. The molecule has 0 saturated carbocycles. The summed E-state index contributed by atoms with van der Waals surface area (Å²) in [4.78, 5) is 0. The van der Waals surface area contributed by atoms with E-state index in [1.165, 1.54) is 0 Å². The Morgan fingerprint density at radius 3 is 2.86 bits per heavy atom. The van der Waals surface area contributed by atoms with Crippen LogP contribution in [0.4, 0.5) is 4.39 Å². The fourth-order valence-corrected chi connectivity index (χ4v) is 1.63. The van der Waals surface area contributed by atoms with Crippen LogP contribution in [0.25, 0.3) is 0 Å². The molecule has 0 aromatic heterocycles. The van der Waals surface area contributed by atoms with Gasteiger partial charge < -0.3 is 4.74 Å². The highest BCUT2D eigenvalue weighted by molar-refractivity contribution is 9.10. The van der Waals surface area contributed by atoms with Gasteiger partial charge in [-0.3, -0.25) is 0 Å². The largest absolute Gasteiger partial charge is 0.463 e. The van der Waals surface area contributed by atoms with Crippen LogP contribution in [0.5, 0.6) is 5.75 Å². The number of benzene rings is 1. The molecule has 0 aliphatic carbocycles. The quantitative estimate of drug-likeness (QED) is 0.830. The molecular formula is C10H9BrFNO. The van der Waals surface area contributed by atoms with E-state index in [1.54, 1.807) is 12.1 Å². The molecule has 0 saturated heterocycles. The topological polar surface area (TPSA) is 33.0 Å². The summed E-state index contributed by atoms with van der Waals surface area (Å²) in [7, 11) is 0. The van der Waals surface area contributed by atoms with Gasteiger partial charge in [0, 0.05) is 10.9 Å². The Balaban J connectivity index is 2.75. The average molecular weight is 258 g/mol. The van der Waals surface area contributed by atoms with Gasteiger partial charge in [-0.15, -0.1) is 0 Å². The molecule has 0 amide bonds. The zero-order chi connectivity index (χ0) is 10.4. The summed E-state index contributed by atoms with van der Waals surface area (Å²) in [5.41, 5.74) is 1.03. The fourth-order valence-electron chi connectivity index (χ4n) is 1.07. The highest BCUT2D eigenvalue weighted by Gasteiger charge is 2.01. The lowest BCUT2D eigenvalue weighted by molar-refractivity contribution is 0.191. The summed E-state index contributed by atoms with van der Waals surface area (Å²) in [6.45, 7) is -0.829. The van der Waals surface area contributed by atoms with E-state index in [1.807, 2.05) is 6.07 Å². The summed E-state index contributed by atoms with van der Waals surface area (Å²) >= 11 is 3.34.